The monoisotopic (exact) mass is 441 g/mol. The summed E-state index contributed by atoms with van der Waals surface area (Å²) in [7, 11) is 1.48. The molecule has 3 heterocycles. The second-order valence-electron chi connectivity index (χ2n) is 7.57. The van der Waals surface area contributed by atoms with E-state index in [0.717, 1.165) is 6.07 Å². The fourth-order valence-electron chi connectivity index (χ4n) is 3.81. The number of fused-ring (bicyclic) bond motifs is 1. The molecule has 0 unspecified atom stereocenters. The number of morpholine rings is 1. The Morgan fingerprint density at radius 2 is 1.97 bits per heavy atom. The van der Waals surface area contributed by atoms with Crippen molar-refractivity contribution in [3.8, 4) is 11.5 Å². The Bertz CT molecular complexity index is 1270. The Hall–Kier alpha value is -3.59. The van der Waals surface area contributed by atoms with Crippen LogP contribution in [-0.2, 0) is 9.53 Å². The SMILES string of the molecule is COc1ccc2occ([C@H](CC(=O)N3CCOCC3)c3oc(C)cc(=O)c3O)c(=O)c2c1. The molecule has 0 aliphatic carbocycles. The minimum Gasteiger partial charge on any atom is -0.502 e. The van der Waals surface area contributed by atoms with Crippen LogP contribution in [0.1, 0.15) is 29.4 Å². The number of nitrogens with zero attached hydrogens (tertiary/aromatic N) is 1. The number of aryl methyl sites for hydroxylation is 1. The first-order chi connectivity index (χ1) is 15.4. The van der Waals surface area contributed by atoms with Crippen LogP contribution in [-0.4, -0.2) is 49.3 Å². The first-order valence-electron chi connectivity index (χ1n) is 10.2. The van der Waals surface area contributed by atoms with Gasteiger partial charge in [-0.05, 0) is 25.1 Å². The van der Waals surface area contributed by atoms with Crippen LogP contribution >= 0.6 is 0 Å². The summed E-state index contributed by atoms with van der Waals surface area (Å²) in [5.74, 6) is -1.35. The van der Waals surface area contributed by atoms with Crippen molar-refractivity contribution in [3.63, 3.8) is 0 Å². The van der Waals surface area contributed by atoms with E-state index in [2.05, 4.69) is 0 Å². The molecule has 168 valence electrons. The lowest BCUT2D eigenvalue weighted by Gasteiger charge is -2.28. The van der Waals surface area contributed by atoms with Gasteiger partial charge in [-0.15, -0.1) is 0 Å². The molecule has 1 saturated heterocycles. The zero-order valence-electron chi connectivity index (χ0n) is 17.8. The largest absolute Gasteiger partial charge is 0.502 e. The molecule has 4 rings (SSSR count). The molecule has 1 aliphatic rings. The highest BCUT2D eigenvalue weighted by atomic mass is 16.5. The quantitative estimate of drug-likeness (QED) is 0.640. The molecule has 0 spiro atoms. The third kappa shape index (κ3) is 4.11. The van der Waals surface area contributed by atoms with Crippen molar-refractivity contribution < 1.29 is 28.2 Å². The smallest absolute Gasteiger partial charge is 0.227 e. The van der Waals surface area contributed by atoms with Gasteiger partial charge in [0.15, 0.2) is 11.2 Å². The van der Waals surface area contributed by atoms with Crippen molar-refractivity contribution >= 4 is 16.9 Å². The average Bonchev–Trinajstić information content (AvgIpc) is 2.81. The first kappa shape index (κ1) is 21.6. The number of amides is 1. The molecular weight excluding hydrogens is 418 g/mol. The first-order valence-corrected chi connectivity index (χ1v) is 10.2. The fourth-order valence-corrected chi connectivity index (χ4v) is 3.81. The molecule has 3 aromatic rings. The molecule has 2 aromatic heterocycles. The van der Waals surface area contributed by atoms with Gasteiger partial charge in [0, 0.05) is 31.1 Å². The van der Waals surface area contributed by atoms with E-state index in [0.29, 0.717) is 37.6 Å². The van der Waals surface area contributed by atoms with Gasteiger partial charge in [0.25, 0.3) is 0 Å². The molecular formula is C23H23NO8. The van der Waals surface area contributed by atoms with Crippen LogP contribution in [0.25, 0.3) is 11.0 Å². The number of carbonyl (C=O) groups excluding carboxylic acids is 1. The minimum atomic E-state index is -1.02. The van der Waals surface area contributed by atoms with E-state index in [1.807, 2.05) is 0 Å². The van der Waals surface area contributed by atoms with Gasteiger partial charge in [-0.25, -0.2) is 0 Å². The van der Waals surface area contributed by atoms with E-state index < -0.39 is 22.5 Å². The van der Waals surface area contributed by atoms with Crippen molar-refractivity contribution in [1.82, 2.24) is 4.90 Å². The number of hydrogen-bond acceptors (Lipinski definition) is 8. The van der Waals surface area contributed by atoms with E-state index in [4.69, 9.17) is 18.3 Å². The van der Waals surface area contributed by atoms with Crippen LogP contribution in [0.4, 0.5) is 0 Å². The van der Waals surface area contributed by atoms with Crippen LogP contribution in [0.2, 0.25) is 0 Å². The topological polar surface area (TPSA) is 119 Å². The van der Waals surface area contributed by atoms with Crippen molar-refractivity contribution in [2.75, 3.05) is 33.4 Å². The van der Waals surface area contributed by atoms with Gasteiger partial charge in [-0.2, -0.15) is 0 Å². The molecule has 1 N–H and O–H groups in total. The lowest BCUT2D eigenvalue weighted by molar-refractivity contribution is -0.135. The maximum atomic E-state index is 13.4. The Kier molecular flexibility index (Phi) is 6.00. The molecule has 1 aliphatic heterocycles. The maximum Gasteiger partial charge on any atom is 0.227 e. The Morgan fingerprint density at radius 1 is 1.22 bits per heavy atom. The zero-order valence-corrected chi connectivity index (χ0v) is 17.8. The van der Waals surface area contributed by atoms with Crippen LogP contribution in [0, 0.1) is 6.92 Å². The highest BCUT2D eigenvalue weighted by Gasteiger charge is 2.31. The summed E-state index contributed by atoms with van der Waals surface area (Å²) in [6, 6.07) is 5.96. The Morgan fingerprint density at radius 3 is 2.69 bits per heavy atom. The van der Waals surface area contributed by atoms with Crippen molar-refractivity contribution in [2.24, 2.45) is 0 Å². The predicted octanol–water partition coefficient (Wildman–Crippen LogP) is 2.15. The zero-order chi connectivity index (χ0) is 22.8. The lowest BCUT2D eigenvalue weighted by atomic mass is 9.91. The number of methoxy groups -OCH3 is 1. The molecule has 9 nitrogen and oxygen atoms in total. The number of carbonyl (C=O) groups is 1. The molecule has 1 aromatic carbocycles. The minimum absolute atomic E-state index is 0.0939. The normalized spacial score (nSPS) is 15.0. The third-order valence-corrected chi connectivity index (χ3v) is 5.51. The van der Waals surface area contributed by atoms with Gasteiger partial charge < -0.3 is 28.3 Å². The summed E-state index contributed by atoms with van der Waals surface area (Å²) in [6.45, 7) is 3.22. The molecule has 0 saturated carbocycles. The second kappa shape index (κ2) is 8.88. The Balaban J connectivity index is 1.86. The van der Waals surface area contributed by atoms with E-state index in [1.165, 1.54) is 19.4 Å². The molecule has 0 radical (unpaired) electrons. The van der Waals surface area contributed by atoms with Crippen LogP contribution in [0.3, 0.4) is 0 Å². The molecule has 1 amide bonds. The second-order valence-corrected chi connectivity index (χ2v) is 7.57. The predicted molar refractivity (Wildman–Crippen MR) is 114 cm³/mol. The number of aromatic hydroxyl groups is 1. The summed E-state index contributed by atoms with van der Waals surface area (Å²) >= 11 is 0. The number of hydrogen-bond donors (Lipinski definition) is 1. The van der Waals surface area contributed by atoms with E-state index in [-0.39, 0.29) is 34.8 Å². The summed E-state index contributed by atoms with van der Waals surface area (Å²) in [5.41, 5.74) is -0.628. The van der Waals surface area contributed by atoms with Gasteiger partial charge >= 0.3 is 0 Å². The summed E-state index contributed by atoms with van der Waals surface area (Å²) in [6.07, 6.45) is 1.05. The molecule has 32 heavy (non-hydrogen) atoms. The highest BCUT2D eigenvalue weighted by molar-refractivity contribution is 5.80. The highest BCUT2D eigenvalue weighted by Crippen LogP contribution is 2.33. The molecule has 1 fully saturated rings. The van der Waals surface area contributed by atoms with Crippen molar-refractivity contribution in [3.05, 3.63) is 68.1 Å². The fraction of sp³-hybridized carbons (Fsp3) is 0.348. The standard InChI is InChI=1S/C23H23NO8/c1-13-9-18(25)22(28)23(32-13)15(11-20(26)24-5-7-30-8-6-24)17-12-31-19-4-3-14(29-2)10-16(19)21(17)27/h3-4,9-10,12,15,28H,5-8,11H2,1-2H3/t15-/m0/s1. The van der Waals surface area contributed by atoms with Gasteiger partial charge in [-0.3, -0.25) is 14.4 Å². The average molecular weight is 441 g/mol. The van der Waals surface area contributed by atoms with E-state index >= 15 is 0 Å². The van der Waals surface area contributed by atoms with Crippen LogP contribution < -0.4 is 15.6 Å². The van der Waals surface area contributed by atoms with Crippen molar-refractivity contribution in [2.45, 2.75) is 19.3 Å². The van der Waals surface area contributed by atoms with Crippen molar-refractivity contribution in [1.29, 1.82) is 0 Å². The van der Waals surface area contributed by atoms with Gasteiger partial charge in [-0.1, -0.05) is 0 Å². The van der Waals surface area contributed by atoms with Gasteiger partial charge in [0.2, 0.25) is 17.1 Å². The number of benzene rings is 1. The summed E-state index contributed by atoms with van der Waals surface area (Å²) in [4.78, 5) is 40.3. The summed E-state index contributed by atoms with van der Waals surface area (Å²) in [5, 5.41) is 10.7. The van der Waals surface area contributed by atoms with Gasteiger partial charge in [0.05, 0.1) is 37.9 Å². The lowest BCUT2D eigenvalue weighted by Crippen LogP contribution is -2.41. The summed E-state index contributed by atoms with van der Waals surface area (Å²) < 4.78 is 21.8. The number of rotatable bonds is 5. The molecule has 1 atom stereocenters. The van der Waals surface area contributed by atoms with Crippen LogP contribution in [0.15, 0.2) is 49.0 Å². The van der Waals surface area contributed by atoms with Crippen LogP contribution in [0.5, 0.6) is 11.5 Å². The van der Waals surface area contributed by atoms with Gasteiger partial charge in [0.1, 0.15) is 17.1 Å². The number of ether oxygens (including phenoxy) is 2. The van der Waals surface area contributed by atoms with E-state index in [9.17, 15) is 19.5 Å². The maximum absolute atomic E-state index is 13.4. The molecule has 9 heteroatoms. The Labute approximate surface area is 182 Å². The third-order valence-electron chi connectivity index (χ3n) is 5.51. The molecule has 0 bridgehead atoms. The van der Waals surface area contributed by atoms with E-state index in [1.54, 1.807) is 24.0 Å².